The second-order valence-corrected chi connectivity index (χ2v) is 5.56. The molecule has 94 valence electrons. The van der Waals surface area contributed by atoms with Crippen LogP contribution in [0.3, 0.4) is 0 Å². The quantitative estimate of drug-likeness (QED) is 0.839. The standard InChI is InChI=1S/C13H22N4/c1-10-7-15-12(16-8-10)17-9-11-13(2,3)5-4-6-14-11/h7-8,11,14H,4-6,9H2,1-3H3,(H,15,16,17). The molecular formula is C13H22N4. The molecule has 0 aliphatic carbocycles. The predicted octanol–water partition coefficient (Wildman–Crippen LogP) is 1.98. The van der Waals surface area contributed by atoms with Crippen LogP contribution in [0.4, 0.5) is 5.95 Å². The molecule has 1 atom stereocenters. The van der Waals surface area contributed by atoms with Crippen molar-refractivity contribution in [2.24, 2.45) is 5.41 Å². The van der Waals surface area contributed by atoms with Crippen LogP contribution < -0.4 is 10.6 Å². The first kappa shape index (κ1) is 12.3. The van der Waals surface area contributed by atoms with Crippen molar-refractivity contribution in [3.8, 4) is 0 Å². The Morgan fingerprint density at radius 3 is 2.76 bits per heavy atom. The minimum Gasteiger partial charge on any atom is -0.353 e. The van der Waals surface area contributed by atoms with Gasteiger partial charge in [0.1, 0.15) is 0 Å². The molecular weight excluding hydrogens is 212 g/mol. The minimum absolute atomic E-state index is 0.343. The van der Waals surface area contributed by atoms with Crippen LogP contribution >= 0.6 is 0 Å². The summed E-state index contributed by atoms with van der Waals surface area (Å²) in [5, 5.41) is 6.89. The maximum Gasteiger partial charge on any atom is 0.222 e. The Labute approximate surface area is 103 Å². The summed E-state index contributed by atoms with van der Waals surface area (Å²) >= 11 is 0. The van der Waals surface area contributed by atoms with Gasteiger partial charge in [0.15, 0.2) is 0 Å². The molecule has 1 saturated heterocycles. The fourth-order valence-corrected chi connectivity index (χ4v) is 2.30. The van der Waals surface area contributed by atoms with E-state index < -0.39 is 0 Å². The lowest BCUT2D eigenvalue weighted by Crippen LogP contribution is -2.50. The van der Waals surface area contributed by atoms with Crippen LogP contribution in [0.1, 0.15) is 32.3 Å². The lowest BCUT2D eigenvalue weighted by molar-refractivity contribution is 0.188. The number of nitrogens with zero attached hydrogens (tertiary/aromatic N) is 2. The maximum atomic E-state index is 4.26. The van der Waals surface area contributed by atoms with Gasteiger partial charge in [-0.05, 0) is 37.3 Å². The van der Waals surface area contributed by atoms with E-state index in [1.807, 2.05) is 19.3 Å². The van der Waals surface area contributed by atoms with Crippen LogP contribution in [0.25, 0.3) is 0 Å². The first-order valence-electron chi connectivity index (χ1n) is 6.34. The van der Waals surface area contributed by atoms with Gasteiger partial charge in [-0.25, -0.2) is 9.97 Å². The van der Waals surface area contributed by atoms with E-state index in [2.05, 4.69) is 34.4 Å². The third-order valence-corrected chi connectivity index (χ3v) is 3.58. The van der Waals surface area contributed by atoms with E-state index in [-0.39, 0.29) is 0 Å². The highest BCUT2D eigenvalue weighted by Gasteiger charge is 2.31. The van der Waals surface area contributed by atoms with Crippen LogP contribution in [0, 0.1) is 12.3 Å². The Bertz CT molecular complexity index is 358. The molecule has 1 aromatic rings. The van der Waals surface area contributed by atoms with Gasteiger partial charge in [0.05, 0.1) is 0 Å². The van der Waals surface area contributed by atoms with E-state index >= 15 is 0 Å². The Hall–Kier alpha value is -1.16. The van der Waals surface area contributed by atoms with Gasteiger partial charge < -0.3 is 10.6 Å². The van der Waals surface area contributed by atoms with Gasteiger partial charge >= 0.3 is 0 Å². The van der Waals surface area contributed by atoms with Crippen LogP contribution in [0.15, 0.2) is 12.4 Å². The first-order chi connectivity index (χ1) is 8.08. The molecule has 0 radical (unpaired) electrons. The zero-order valence-electron chi connectivity index (χ0n) is 11.0. The summed E-state index contributed by atoms with van der Waals surface area (Å²) in [5.41, 5.74) is 1.43. The summed E-state index contributed by atoms with van der Waals surface area (Å²) in [4.78, 5) is 8.52. The van der Waals surface area contributed by atoms with Crippen LogP contribution in [-0.4, -0.2) is 29.1 Å². The van der Waals surface area contributed by atoms with Gasteiger partial charge in [-0.15, -0.1) is 0 Å². The van der Waals surface area contributed by atoms with Crippen molar-refractivity contribution in [2.75, 3.05) is 18.4 Å². The van der Waals surface area contributed by atoms with Crippen LogP contribution in [0.5, 0.6) is 0 Å². The molecule has 1 unspecified atom stereocenters. The third-order valence-electron chi connectivity index (χ3n) is 3.58. The van der Waals surface area contributed by atoms with E-state index in [1.54, 1.807) is 0 Å². The topological polar surface area (TPSA) is 49.8 Å². The van der Waals surface area contributed by atoms with Gasteiger partial charge in [0.2, 0.25) is 5.95 Å². The molecule has 4 nitrogen and oxygen atoms in total. The van der Waals surface area contributed by atoms with Crippen LogP contribution in [-0.2, 0) is 0 Å². The number of hydrogen-bond donors (Lipinski definition) is 2. The van der Waals surface area contributed by atoms with E-state index in [0.717, 1.165) is 24.6 Å². The monoisotopic (exact) mass is 234 g/mol. The Balaban J connectivity index is 1.91. The van der Waals surface area contributed by atoms with E-state index in [4.69, 9.17) is 0 Å². The predicted molar refractivity (Wildman–Crippen MR) is 70.1 cm³/mol. The molecule has 2 N–H and O–H groups in total. The van der Waals surface area contributed by atoms with Crippen molar-refractivity contribution in [3.05, 3.63) is 18.0 Å². The Kier molecular flexibility index (Phi) is 3.62. The summed E-state index contributed by atoms with van der Waals surface area (Å²) in [5.74, 6) is 0.721. The number of aromatic nitrogens is 2. The molecule has 4 heteroatoms. The lowest BCUT2D eigenvalue weighted by atomic mass is 9.77. The van der Waals surface area contributed by atoms with Gasteiger partial charge in [0.25, 0.3) is 0 Å². The highest BCUT2D eigenvalue weighted by Crippen LogP contribution is 2.29. The minimum atomic E-state index is 0.343. The number of aryl methyl sites for hydroxylation is 1. The van der Waals surface area contributed by atoms with Gasteiger partial charge in [-0.2, -0.15) is 0 Å². The lowest BCUT2D eigenvalue weighted by Gasteiger charge is -2.39. The molecule has 0 aromatic carbocycles. The Morgan fingerprint density at radius 2 is 2.12 bits per heavy atom. The summed E-state index contributed by atoms with van der Waals surface area (Å²) in [6, 6.07) is 0.487. The molecule has 0 saturated carbocycles. The van der Waals surface area contributed by atoms with Crippen molar-refractivity contribution in [2.45, 2.75) is 39.7 Å². The van der Waals surface area contributed by atoms with Gasteiger partial charge in [-0.1, -0.05) is 13.8 Å². The normalized spacial score (nSPS) is 23.4. The molecule has 2 heterocycles. The molecule has 17 heavy (non-hydrogen) atoms. The molecule has 1 fully saturated rings. The zero-order chi connectivity index (χ0) is 12.3. The number of anilines is 1. The summed E-state index contributed by atoms with van der Waals surface area (Å²) in [6.45, 7) is 8.64. The second kappa shape index (κ2) is 5.00. The fourth-order valence-electron chi connectivity index (χ4n) is 2.30. The molecule has 1 aliphatic heterocycles. The van der Waals surface area contributed by atoms with Crippen molar-refractivity contribution < 1.29 is 0 Å². The Morgan fingerprint density at radius 1 is 1.41 bits per heavy atom. The number of nitrogens with one attached hydrogen (secondary N) is 2. The highest BCUT2D eigenvalue weighted by molar-refractivity contribution is 5.24. The molecule has 0 amide bonds. The third kappa shape index (κ3) is 3.16. The van der Waals surface area contributed by atoms with Crippen molar-refractivity contribution in [1.29, 1.82) is 0 Å². The summed E-state index contributed by atoms with van der Waals surface area (Å²) in [7, 11) is 0. The van der Waals surface area contributed by atoms with Crippen molar-refractivity contribution >= 4 is 5.95 Å². The zero-order valence-corrected chi connectivity index (χ0v) is 11.0. The highest BCUT2D eigenvalue weighted by atomic mass is 15.1. The molecule has 1 aromatic heterocycles. The second-order valence-electron chi connectivity index (χ2n) is 5.56. The molecule has 0 bridgehead atoms. The van der Waals surface area contributed by atoms with Crippen molar-refractivity contribution in [3.63, 3.8) is 0 Å². The fraction of sp³-hybridized carbons (Fsp3) is 0.692. The largest absolute Gasteiger partial charge is 0.353 e. The average molecular weight is 234 g/mol. The summed E-state index contributed by atoms with van der Waals surface area (Å²) < 4.78 is 0. The SMILES string of the molecule is Cc1cnc(NCC2NCCCC2(C)C)nc1. The van der Waals surface area contributed by atoms with E-state index in [9.17, 15) is 0 Å². The van der Waals surface area contributed by atoms with E-state index in [1.165, 1.54) is 12.8 Å². The van der Waals surface area contributed by atoms with Gasteiger partial charge in [-0.3, -0.25) is 0 Å². The number of rotatable bonds is 3. The first-order valence-corrected chi connectivity index (χ1v) is 6.34. The molecule has 1 aliphatic rings. The van der Waals surface area contributed by atoms with Crippen molar-refractivity contribution in [1.82, 2.24) is 15.3 Å². The number of piperidine rings is 1. The molecule has 2 rings (SSSR count). The average Bonchev–Trinajstić information content (AvgIpc) is 2.29. The molecule has 0 spiro atoms. The van der Waals surface area contributed by atoms with E-state index in [0.29, 0.717) is 11.5 Å². The smallest absolute Gasteiger partial charge is 0.222 e. The maximum absolute atomic E-state index is 4.26. The van der Waals surface area contributed by atoms with Gasteiger partial charge in [0, 0.05) is 25.0 Å². The number of hydrogen-bond acceptors (Lipinski definition) is 4. The summed E-state index contributed by atoms with van der Waals surface area (Å²) in [6.07, 6.45) is 6.23. The van der Waals surface area contributed by atoms with Crippen LogP contribution in [0.2, 0.25) is 0 Å².